The number of nitrogens with zero attached hydrogens (tertiary/aromatic N) is 2. The molecule has 0 aliphatic carbocycles. The lowest BCUT2D eigenvalue weighted by Gasteiger charge is -2.35. The minimum atomic E-state index is -0.482. The third-order valence-corrected chi connectivity index (χ3v) is 4.02. The van der Waals surface area contributed by atoms with E-state index in [2.05, 4.69) is 9.88 Å². The van der Waals surface area contributed by atoms with Crippen molar-refractivity contribution in [2.24, 2.45) is 0 Å². The van der Waals surface area contributed by atoms with Gasteiger partial charge in [-0.1, -0.05) is 6.07 Å². The molecule has 0 radical (unpaired) electrons. The van der Waals surface area contributed by atoms with Crippen molar-refractivity contribution < 1.29 is 14.3 Å². The minimum absolute atomic E-state index is 0.338. The van der Waals surface area contributed by atoms with E-state index >= 15 is 0 Å². The number of methoxy groups -OCH3 is 1. The van der Waals surface area contributed by atoms with Gasteiger partial charge in [0.2, 0.25) is 0 Å². The number of hydrogen-bond donors (Lipinski definition) is 1. The summed E-state index contributed by atoms with van der Waals surface area (Å²) in [6.07, 6.45) is 1.64. The summed E-state index contributed by atoms with van der Waals surface area (Å²) < 4.78 is 5.24. The van der Waals surface area contributed by atoms with Gasteiger partial charge in [-0.2, -0.15) is 0 Å². The predicted molar refractivity (Wildman–Crippen MR) is 86.9 cm³/mol. The van der Waals surface area contributed by atoms with Crippen molar-refractivity contribution in [1.82, 2.24) is 9.88 Å². The van der Waals surface area contributed by atoms with Gasteiger partial charge in [-0.3, -0.25) is 9.59 Å². The van der Waals surface area contributed by atoms with Gasteiger partial charge in [0.25, 0.3) is 11.7 Å². The number of H-pyrrole nitrogens is 1. The largest absolute Gasteiger partial charge is 0.497 e. The molecule has 120 valence electrons. The summed E-state index contributed by atoms with van der Waals surface area (Å²) >= 11 is 0. The maximum Gasteiger partial charge on any atom is 0.296 e. The SMILES string of the molecule is COc1cccc(N2CCN(C(=O)C(=O)c3ccc[nH]3)CC2)c1. The van der Waals surface area contributed by atoms with Crippen LogP contribution < -0.4 is 9.64 Å². The lowest BCUT2D eigenvalue weighted by molar-refractivity contribution is -0.126. The summed E-state index contributed by atoms with van der Waals surface area (Å²) in [6, 6.07) is 11.2. The number of hydrogen-bond acceptors (Lipinski definition) is 4. The lowest BCUT2D eigenvalue weighted by atomic mass is 10.2. The van der Waals surface area contributed by atoms with E-state index in [4.69, 9.17) is 4.74 Å². The number of aromatic amines is 1. The molecule has 0 unspecified atom stereocenters. The zero-order chi connectivity index (χ0) is 16.2. The number of aromatic nitrogens is 1. The molecule has 1 amide bonds. The van der Waals surface area contributed by atoms with E-state index in [1.807, 2.05) is 24.3 Å². The van der Waals surface area contributed by atoms with Crippen molar-refractivity contribution >= 4 is 17.4 Å². The third kappa shape index (κ3) is 3.21. The fourth-order valence-electron chi connectivity index (χ4n) is 2.71. The highest BCUT2D eigenvalue weighted by Crippen LogP contribution is 2.22. The maximum atomic E-state index is 12.3. The summed E-state index contributed by atoms with van der Waals surface area (Å²) in [6.45, 7) is 2.44. The van der Waals surface area contributed by atoms with Crippen molar-refractivity contribution in [3.05, 3.63) is 48.3 Å². The summed E-state index contributed by atoms with van der Waals surface area (Å²) in [7, 11) is 1.64. The van der Waals surface area contributed by atoms with E-state index in [1.54, 1.807) is 30.3 Å². The number of Topliss-reactive ketones (excluding diaryl/α,β-unsaturated/α-hetero) is 1. The molecule has 1 fully saturated rings. The summed E-state index contributed by atoms with van der Waals surface area (Å²) in [5, 5.41) is 0. The Labute approximate surface area is 134 Å². The van der Waals surface area contributed by atoms with Crippen LogP contribution in [0.25, 0.3) is 0 Å². The van der Waals surface area contributed by atoms with Gasteiger partial charge in [-0.15, -0.1) is 0 Å². The highest BCUT2D eigenvalue weighted by atomic mass is 16.5. The van der Waals surface area contributed by atoms with Crippen LogP contribution in [0, 0.1) is 0 Å². The van der Waals surface area contributed by atoms with Crippen LogP contribution in [0.4, 0.5) is 5.69 Å². The van der Waals surface area contributed by atoms with Crippen LogP contribution in [0.1, 0.15) is 10.5 Å². The van der Waals surface area contributed by atoms with Crippen molar-refractivity contribution in [1.29, 1.82) is 0 Å². The summed E-state index contributed by atoms with van der Waals surface area (Å²) in [5.74, 6) is -0.120. The molecule has 2 heterocycles. The molecule has 3 rings (SSSR count). The molecule has 6 heteroatoms. The number of rotatable bonds is 4. The van der Waals surface area contributed by atoms with Gasteiger partial charge in [-0.25, -0.2) is 0 Å². The third-order valence-electron chi connectivity index (χ3n) is 4.02. The molecule has 0 atom stereocenters. The number of amides is 1. The molecule has 1 aliphatic heterocycles. The van der Waals surface area contributed by atoms with Gasteiger partial charge in [0.15, 0.2) is 0 Å². The highest BCUT2D eigenvalue weighted by molar-refractivity contribution is 6.42. The van der Waals surface area contributed by atoms with Crippen LogP contribution in [0.3, 0.4) is 0 Å². The van der Waals surface area contributed by atoms with E-state index in [0.717, 1.165) is 11.4 Å². The van der Waals surface area contributed by atoms with E-state index in [-0.39, 0.29) is 0 Å². The Balaban J connectivity index is 1.62. The molecule has 1 N–H and O–H groups in total. The molecule has 0 bridgehead atoms. The summed E-state index contributed by atoms with van der Waals surface area (Å²) in [4.78, 5) is 30.9. The zero-order valence-electron chi connectivity index (χ0n) is 13.0. The van der Waals surface area contributed by atoms with Gasteiger partial charge in [0, 0.05) is 44.1 Å². The van der Waals surface area contributed by atoms with Crippen LogP contribution in [-0.2, 0) is 4.79 Å². The topological polar surface area (TPSA) is 65.6 Å². The van der Waals surface area contributed by atoms with Crippen LogP contribution in [0.2, 0.25) is 0 Å². The number of ether oxygens (including phenoxy) is 1. The van der Waals surface area contributed by atoms with Gasteiger partial charge < -0.3 is 19.5 Å². The Bertz CT molecular complexity index is 689. The standard InChI is InChI=1S/C17H19N3O3/c1-23-14-5-2-4-13(12-14)19-8-10-20(11-9-19)17(22)16(21)15-6-3-7-18-15/h2-7,12,18H,8-11H2,1H3. The fourth-order valence-corrected chi connectivity index (χ4v) is 2.71. The molecule has 1 aromatic heterocycles. The number of benzene rings is 1. The van der Waals surface area contributed by atoms with Crippen LogP contribution >= 0.6 is 0 Å². The fraction of sp³-hybridized carbons (Fsp3) is 0.294. The van der Waals surface area contributed by atoms with Crippen molar-refractivity contribution in [2.75, 3.05) is 38.2 Å². The van der Waals surface area contributed by atoms with Gasteiger partial charge >= 0.3 is 0 Å². The smallest absolute Gasteiger partial charge is 0.296 e. The normalized spacial score (nSPS) is 14.7. The van der Waals surface area contributed by atoms with Crippen molar-refractivity contribution in [3.63, 3.8) is 0 Å². The number of ketones is 1. The first-order valence-corrected chi connectivity index (χ1v) is 7.55. The highest BCUT2D eigenvalue weighted by Gasteiger charge is 2.27. The number of carbonyl (C=O) groups is 2. The van der Waals surface area contributed by atoms with Gasteiger partial charge in [0.05, 0.1) is 12.8 Å². The average Bonchev–Trinajstić information content (AvgIpc) is 3.15. The maximum absolute atomic E-state index is 12.3. The molecule has 2 aromatic rings. The monoisotopic (exact) mass is 313 g/mol. The molecule has 0 spiro atoms. The predicted octanol–water partition coefficient (Wildman–Crippen LogP) is 1.55. The molecule has 23 heavy (non-hydrogen) atoms. The van der Waals surface area contributed by atoms with Gasteiger partial charge in [0.1, 0.15) is 5.75 Å². The molecule has 1 aliphatic rings. The number of nitrogens with one attached hydrogen (secondary N) is 1. The second-order valence-electron chi connectivity index (χ2n) is 5.39. The first-order chi connectivity index (χ1) is 11.2. The van der Waals surface area contributed by atoms with Crippen molar-refractivity contribution in [2.45, 2.75) is 0 Å². The first kappa shape index (κ1) is 15.1. The van der Waals surface area contributed by atoms with Crippen LogP contribution in [0.5, 0.6) is 5.75 Å². The van der Waals surface area contributed by atoms with E-state index in [0.29, 0.717) is 31.9 Å². The van der Waals surface area contributed by atoms with Crippen molar-refractivity contribution in [3.8, 4) is 5.75 Å². The Morgan fingerprint density at radius 3 is 2.52 bits per heavy atom. The van der Waals surface area contributed by atoms with E-state index < -0.39 is 11.7 Å². The average molecular weight is 313 g/mol. The van der Waals surface area contributed by atoms with Crippen LogP contribution in [0.15, 0.2) is 42.6 Å². The number of anilines is 1. The second-order valence-corrected chi connectivity index (χ2v) is 5.39. The molecular weight excluding hydrogens is 294 g/mol. The Kier molecular flexibility index (Phi) is 4.32. The Hall–Kier alpha value is -2.76. The Morgan fingerprint density at radius 2 is 1.87 bits per heavy atom. The quantitative estimate of drug-likeness (QED) is 0.687. The van der Waals surface area contributed by atoms with E-state index in [9.17, 15) is 9.59 Å². The molecule has 1 aromatic carbocycles. The second kappa shape index (κ2) is 6.56. The zero-order valence-corrected chi connectivity index (χ0v) is 13.0. The molecule has 1 saturated heterocycles. The van der Waals surface area contributed by atoms with Crippen LogP contribution in [-0.4, -0.2) is 54.9 Å². The Morgan fingerprint density at radius 1 is 1.09 bits per heavy atom. The minimum Gasteiger partial charge on any atom is -0.497 e. The lowest BCUT2D eigenvalue weighted by Crippen LogP contribution is -2.50. The van der Waals surface area contributed by atoms with Gasteiger partial charge in [-0.05, 0) is 24.3 Å². The first-order valence-electron chi connectivity index (χ1n) is 7.55. The molecule has 6 nitrogen and oxygen atoms in total. The summed E-state index contributed by atoms with van der Waals surface area (Å²) in [5.41, 5.74) is 1.40. The van der Waals surface area contributed by atoms with E-state index in [1.165, 1.54) is 0 Å². The molecule has 0 saturated carbocycles. The number of piperazine rings is 1. The molecular formula is C17H19N3O3. The number of carbonyl (C=O) groups excluding carboxylic acids is 2.